The summed E-state index contributed by atoms with van der Waals surface area (Å²) in [7, 11) is 0. The lowest BCUT2D eigenvalue weighted by Gasteiger charge is -2.20. The van der Waals surface area contributed by atoms with Gasteiger partial charge in [-0.05, 0) is 37.3 Å². The van der Waals surface area contributed by atoms with Crippen LogP contribution < -0.4 is 10.2 Å². The molecule has 2 aromatic carbocycles. The molecule has 2 amide bonds. The Morgan fingerprint density at radius 1 is 1.04 bits per heavy atom. The van der Waals surface area contributed by atoms with Gasteiger partial charge in [0.15, 0.2) is 0 Å². The molecule has 0 radical (unpaired) electrons. The third kappa shape index (κ3) is 4.71. The summed E-state index contributed by atoms with van der Waals surface area (Å²) in [6.07, 6.45) is -0.247. The van der Waals surface area contributed by atoms with Crippen LogP contribution in [0, 0.1) is 0 Å². The van der Waals surface area contributed by atoms with Gasteiger partial charge in [-0.2, -0.15) is 0 Å². The fourth-order valence-electron chi connectivity index (χ4n) is 2.12. The highest BCUT2D eigenvalue weighted by Gasteiger charge is 2.17. The van der Waals surface area contributed by atoms with Crippen molar-refractivity contribution in [3.63, 3.8) is 0 Å². The van der Waals surface area contributed by atoms with E-state index in [4.69, 9.17) is 23.2 Å². The van der Waals surface area contributed by atoms with Crippen molar-refractivity contribution >= 4 is 46.4 Å². The maximum Gasteiger partial charge on any atom is 0.236 e. The number of rotatable bonds is 5. The lowest BCUT2D eigenvalue weighted by atomic mass is 10.2. The van der Waals surface area contributed by atoms with Gasteiger partial charge in [-0.1, -0.05) is 41.4 Å². The Kier molecular flexibility index (Phi) is 6.02. The van der Waals surface area contributed by atoms with Gasteiger partial charge in [-0.25, -0.2) is 0 Å². The third-order valence-electron chi connectivity index (χ3n) is 3.20. The minimum absolute atomic E-state index is 0.247. The molecule has 0 saturated heterocycles. The Hall–Kier alpha value is -2.04. The van der Waals surface area contributed by atoms with Crippen LogP contribution in [0.5, 0.6) is 0 Å². The number of nitrogens with zero attached hydrogens (tertiary/aromatic N) is 1. The highest BCUT2D eigenvalue weighted by molar-refractivity contribution is 6.42. The van der Waals surface area contributed by atoms with Gasteiger partial charge in [-0.3, -0.25) is 9.59 Å². The van der Waals surface area contributed by atoms with Gasteiger partial charge < -0.3 is 10.2 Å². The van der Waals surface area contributed by atoms with Gasteiger partial charge in [0.2, 0.25) is 11.8 Å². The number of carbonyl (C=O) groups is 2. The van der Waals surface area contributed by atoms with E-state index in [1.807, 2.05) is 37.3 Å². The van der Waals surface area contributed by atoms with E-state index in [0.717, 1.165) is 5.69 Å². The number of amides is 2. The molecule has 0 bridgehead atoms. The maximum atomic E-state index is 12.3. The number of anilines is 2. The van der Waals surface area contributed by atoms with Gasteiger partial charge >= 0.3 is 0 Å². The lowest BCUT2D eigenvalue weighted by molar-refractivity contribution is -0.125. The molecule has 0 saturated carbocycles. The van der Waals surface area contributed by atoms with Crippen molar-refractivity contribution in [3.8, 4) is 0 Å². The van der Waals surface area contributed by atoms with Gasteiger partial charge in [-0.15, -0.1) is 0 Å². The van der Waals surface area contributed by atoms with E-state index >= 15 is 0 Å². The summed E-state index contributed by atoms with van der Waals surface area (Å²) in [6, 6.07) is 14.0. The van der Waals surface area contributed by atoms with Crippen LogP contribution in [0.2, 0.25) is 10.0 Å². The van der Waals surface area contributed by atoms with E-state index < -0.39 is 5.91 Å². The van der Waals surface area contributed by atoms with E-state index in [2.05, 4.69) is 5.32 Å². The zero-order chi connectivity index (χ0) is 16.8. The second-order valence-electron chi connectivity index (χ2n) is 4.83. The van der Waals surface area contributed by atoms with Crippen molar-refractivity contribution < 1.29 is 9.59 Å². The van der Waals surface area contributed by atoms with E-state index in [1.54, 1.807) is 23.1 Å². The SMILES string of the molecule is CCN(C(=O)CC(=O)Nc1ccc(Cl)c(Cl)c1)c1ccccc1. The number of para-hydroxylation sites is 1. The molecule has 0 unspecified atom stereocenters. The van der Waals surface area contributed by atoms with Crippen LogP contribution >= 0.6 is 23.2 Å². The second kappa shape index (κ2) is 7.99. The third-order valence-corrected chi connectivity index (χ3v) is 3.94. The predicted molar refractivity (Wildman–Crippen MR) is 94.2 cm³/mol. The van der Waals surface area contributed by atoms with Crippen LogP contribution in [0.25, 0.3) is 0 Å². The average molecular weight is 351 g/mol. The van der Waals surface area contributed by atoms with Crippen LogP contribution in [0.4, 0.5) is 11.4 Å². The first-order valence-corrected chi connectivity index (χ1v) is 7.87. The summed E-state index contributed by atoms with van der Waals surface area (Å²) >= 11 is 11.7. The molecule has 0 aliphatic heterocycles. The molecule has 0 heterocycles. The summed E-state index contributed by atoms with van der Waals surface area (Å²) in [4.78, 5) is 25.9. The number of benzene rings is 2. The first-order chi connectivity index (χ1) is 11.0. The zero-order valence-electron chi connectivity index (χ0n) is 12.6. The summed E-state index contributed by atoms with van der Waals surface area (Å²) in [5, 5.41) is 3.39. The first kappa shape index (κ1) is 17.3. The Morgan fingerprint density at radius 3 is 2.35 bits per heavy atom. The number of halogens is 2. The van der Waals surface area contributed by atoms with Crippen molar-refractivity contribution in [2.75, 3.05) is 16.8 Å². The quantitative estimate of drug-likeness (QED) is 0.813. The molecular weight excluding hydrogens is 335 g/mol. The number of carbonyl (C=O) groups excluding carboxylic acids is 2. The number of hydrogen-bond acceptors (Lipinski definition) is 2. The summed E-state index contributed by atoms with van der Waals surface area (Å²) in [5.41, 5.74) is 1.27. The molecular formula is C17H16Cl2N2O2. The Morgan fingerprint density at radius 2 is 1.74 bits per heavy atom. The molecule has 2 rings (SSSR count). The van der Waals surface area contributed by atoms with Crippen LogP contribution in [0.3, 0.4) is 0 Å². The van der Waals surface area contributed by atoms with Gasteiger partial charge in [0, 0.05) is 17.9 Å². The van der Waals surface area contributed by atoms with Crippen LogP contribution in [-0.2, 0) is 9.59 Å². The van der Waals surface area contributed by atoms with Crippen molar-refractivity contribution in [3.05, 3.63) is 58.6 Å². The van der Waals surface area contributed by atoms with Crippen molar-refractivity contribution in [1.29, 1.82) is 0 Å². The minimum atomic E-state index is -0.400. The normalized spacial score (nSPS) is 10.2. The molecule has 0 spiro atoms. The highest BCUT2D eigenvalue weighted by Crippen LogP contribution is 2.25. The average Bonchev–Trinajstić information content (AvgIpc) is 2.52. The molecule has 120 valence electrons. The molecule has 0 aliphatic rings. The van der Waals surface area contributed by atoms with Crippen molar-refractivity contribution in [1.82, 2.24) is 0 Å². The Bertz CT molecular complexity index is 705. The highest BCUT2D eigenvalue weighted by atomic mass is 35.5. The molecule has 0 fully saturated rings. The van der Waals surface area contributed by atoms with Crippen molar-refractivity contribution in [2.24, 2.45) is 0 Å². The molecule has 0 atom stereocenters. The van der Waals surface area contributed by atoms with E-state index in [0.29, 0.717) is 22.3 Å². The molecule has 6 heteroatoms. The summed E-state index contributed by atoms with van der Waals surface area (Å²) in [6.45, 7) is 2.35. The van der Waals surface area contributed by atoms with Gasteiger partial charge in [0.05, 0.1) is 10.0 Å². The van der Waals surface area contributed by atoms with Gasteiger partial charge in [0.25, 0.3) is 0 Å². The molecule has 23 heavy (non-hydrogen) atoms. The largest absolute Gasteiger partial charge is 0.326 e. The number of nitrogens with one attached hydrogen (secondary N) is 1. The second-order valence-corrected chi connectivity index (χ2v) is 5.64. The molecule has 0 aromatic heterocycles. The number of hydrogen-bond donors (Lipinski definition) is 1. The van der Waals surface area contributed by atoms with Crippen LogP contribution in [0.1, 0.15) is 13.3 Å². The van der Waals surface area contributed by atoms with Crippen LogP contribution in [-0.4, -0.2) is 18.4 Å². The van der Waals surface area contributed by atoms with E-state index in [1.165, 1.54) is 0 Å². The summed E-state index contributed by atoms with van der Waals surface area (Å²) in [5.74, 6) is -0.668. The minimum Gasteiger partial charge on any atom is -0.326 e. The maximum absolute atomic E-state index is 12.3. The lowest BCUT2D eigenvalue weighted by Crippen LogP contribution is -2.33. The van der Waals surface area contributed by atoms with Gasteiger partial charge in [0.1, 0.15) is 6.42 Å². The van der Waals surface area contributed by atoms with Crippen molar-refractivity contribution in [2.45, 2.75) is 13.3 Å². The first-order valence-electron chi connectivity index (χ1n) is 7.11. The smallest absolute Gasteiger partial charge is 0.236 e. The molecule has 1 N–H and O–H groups in total. The molecule has 4 nitrogen and oxygen atoms in total. The van der Waals surface area contributed by atoms with E-state index in [-0.39, 0.29) is 12.3 Å². The van der Waals surface area contributed by atoms with Crippen LogP contribution in [0.15, 0.2) is 48.5 Å². The predicted octanol–water partition coefficient (Wildman–Crippen LogP) is 4.38. The Labute approximate surface area is 145 Å². The Balaban J connectivity index is 2.01. The standard InChI is InChI=1S/C17H16Cl2N2O2/c1-2-21(13-6-4-3-5-7-13)17(23)11-16(22)20-12-8-9-14(18)15(19)10-12/h3-10H,2,11H2,1H3,(H,20,22). The van der Waals surface area contributed by atoms with E-state index in [9.17, 15) is 9.59 Å². The fourth-order valence-corrected chi connectivity index (χ4v) is 2.42. The topological polar surface area (TPSA) is 49.4 Å². The summed E-state index contributed by atoms with van der Waals surface area (Å²) < 4.78 is 0. The molecule has 0 aliphatic carbocycles. The fraction of sp³-hybridized carbons (Fsp3) is 0.176. The molecule has 2 aromatic rings. The monoisotopic (exact) mass is 350 g/mol. The zero-order valence-corrected chi connectivity index (χ0v) is 14.1.